The Morgan fingerprint density at radius 1 is 1.31 bits per heavy atom. The Balaban J connectivity index is 1.47. The van der Waals surface area contributed by atoms with E-state index in [1.165, 1.54) is 25.7 Å². The van der Waals surface area contributed by atoms with Gasteiger partial charge >= 0.3 is 0 Å². The van der Waals surface area contributed by atoms with E-state index < -0.39 is 0 Å². The second-order valence-corrected chi connectivity index (χ2v) is 5.30. The maximum Gasteiger partial charge on any atom is 0.0771 e. The zero-order valence-electron chi connectivity index (χ0n) is 8.13. The first-order chi connectivity index (χ1) is 6.27. The fraction of sp³-hybridized carbons (Fsp3) is 1.00. The Labute approximate surface area is 79.7 Å². The minimum atomic E-state index is -0.326. The third kappa shape index (κ3) is 1.40. The molecule has 2 nitrogen and oxygen atoms in total. The van der Waals surface area contributed by atoms with E-state index in [9.17, 15) is 5.11 Å². The summed E-state index contributed by atoms with van der Waals surface area (Å²) < 4.78 is 0. The van der Waals surface area contributed by atoms with Gasteiger partial charge in [-0.3, -0.25) is 0 Å². The minimum absolute atomic E-state index is 0.326. The Morgan fingerprint density at radius 3 is 2.62 bits per heavy atom. The fourth-order valence-corrected chi connectivity index (χ4v) is 3.04. The number of fused-ring (bicyclic) bond motifs is 1. The summed E-state index contributed by atoms with van der Waals surface area (Å²) >= 11 is 0. The molecule has 3 aliphatic rings. The molecular formula is C11H19NO. The molecule has 0 aromatic rings. The molecule has 74 valence electrons. The molecule has 3 saturated carbocycles. The summed E-state index contributed by atoms with van der Waals surface area (Å²) in [5, 5.41) is 13.5. The molecule has 3 atom stereocenters. The molecule has 2 N–H and O–H groups in total. The highest BCUT2D eigenvalue weighted by Crippen LogP contribution is 2.51. The number of nitrogens with one attached hydrogen (secondary N) is 1. The average molecular weight is 181 g/mol. The van der Waals surface area contributed by atoms with Gasteiger partial charge in [0.25, 0.3) is 0 Å². The number of aliphatic hydroxyl groups is 1. The van der Waals surface area contributed by atoms with Crippen LogP contribution in [-0.4, -0.2) is 23.3 Å². The Hall–Kier alpha value is -0.0800. The molecule has 13 heavy (non-hydrogen) atoms. The van der Waals surface area contributed by atoms with Crippen LogP contribution in [0.3, 0.4) is 0 Å². The Morgan fingerprint density at radius 2 is 2.15 bits per heavy atom. The third-order valence-corrected chi connectivity index (χ3v) is 4.32. The molecule has 0 saturated heterocycles. The van der Waals surface area contributed by atoms with Crippen LogP contribution in [0, 0.1) is 11.8 Å². The van der Waals surface area contributed by atoms with Crippen LogP contribution >= 0.6 is 0 Å². The summed E-state index contributed by atoms with van der Waals surface area (Å²) in [5.74, 6) is 2.03. The molecular weight excluding hydrogens is 162 g/mol. The molecule has 0 bridgehead atoms. The van der Waals surface area contributed by atoms with E-state index >= 15 is 0 Å². The van der Waals surface area contributed by atoms with E-state index in [1.807, 2.05) is 0 Å². The second-order valence-electron chi connectivity index (χ2n) is 5.30. The van der Waals surface area contributed by atoms with E-state index in [4.69, 9.17) is 0 Å². The van der Waals surface area contributed by atoms with Crippen LogP contribution in [-0.2, 0) is 0 Å². The van der Waals surface area contributed by atoms with Crippen LogP contribution < -0.4 is 5.32 Å². The second kappa shape index (κ2) is 2.71. The van der Waals surface area contributed by atoms with E-state index in [0.29, 0.717) is 0 Å². The number of hydrogen-bond donors (Lipinski definition) is 2. The van der Waals surface area contributed by atoms with E-state index in [2.05, 4.69) is 5.32 Å². The summed E-state index contributed by atoms with van der Waals surface area (Å²) in [5.41, 5.74) is -0.326. The van der Waals surface area contributed by atoms with Crippen molar-refractivity contribution >= 4 is 0 Å². The molecule has 0 aliphatic heterocycles. The van der Waals surface area contributed by atoms with Gasteiger partial charge in [-0.05, 0) is 50.4 Å². The molecule has 2 heteroatoms. The lowest BCUT2D eigenvalue weighted by atomic mass is 9.80. The molecule has 0 heterocycles. The maximum atomic E-state index is 9.91. The molecule has 0 amide bonds. The van der Waals surface area contributed by atoms with Gasteiger partial charge in [0.2, 0.25) is 0 Å². The lowest BCUT2D eigenvalue weighted by Gasteiger charge is -2.37. The molecule has 0 aromatic carbocycles. The number of hydrogen-bond acceptors (Lipinski definition) is 2. The van der Waals surface area contributed by atoms with Gasteiger partial charge in [0.05, 0.1) is 5.60 Å². The van der Waals surface area contributed by atoms with Crippen molar-refractivity contribution in [1.29, 1.82) is 0 Å². The van der Waals surface area contributed by atoms with Gasteiger partial charge in [0.15, 0.2) is 0 Å². The standard InChI is InChI=1S/C11H19NO/c13-11(4-1-5-11)7-12-10-3-2-8-6-9(8)10/h8-10,12-13H,1-7H2. The molecule has 0 spiro atoms. The first-order valence-electron chi connectivity index (χ1n) is 5.73. The Kier molecular flexibility index (Phi) is 1.72. The predicted octanol–water partition coefficient (Wildman–Crippen LogP) is 1.29. The van der Waals surface area contributed by atoms with Crippen molar-refractivity contribution in [1.82, 2.24) is 5.32 Å². The summed E-state index contributed by atoms with van der Waals surface area (Å²) in [4.78, 5) is 0. The molecule has 3 fully saturated rings. The highest BCUT2D eigenvalue weighted by molar-refractivity contribution is 5.02. The van der Waals surface area contributed by atoms with Gasteiger partial charge in [0.1, 0.15) is 0 Å². The predicted molar refractivity (Wildman–Crippen MR) is 51.4 cm³/mol. The van der Waals surface area contributed by atoms with Crippen molar-refractivity contribution < 1.29 is 5.11 Å². The molecule has 0 aromatic heterocycles. The number of rotatable bonds is 3. The lowest BCUT2D eigenvalue weighted by Crippen LogP contribution is -2.49. The Bertz CT molecular complexity index is 212. The normalized spacial score (nSPS) is 45.5. The zero-order valence-corrected chi connectivity index (χ0v) is 8.13. The van der Waals surface area contributed by atoms with E-state index in [1.54, 1.807) is 0 Å². The summed E-state index contributed by atoms with van der Waals surface area (Å²) in [7, 11) is 0. The van der Waals surface area contributed by atoms with Crippen molar-refractivity contribution in [3.05, 3.63) is 0 Å². The van der Waals surface area contributed by atoms with Crippen LogP contribution in [0.15, 0.2) is 0 Å². The van der Waals surface area contributed by atoms with Gasteiger partial charge in [-0.25, -0.2) is 0 Å². The topological polar surface area (TPSA) is 32.3 Å². The molecule has 0 radical (unpaired) electrons. The molecule has 3 unspecified atom stereocenters. The minimum Gasteiger partial charge on any atom is -0.389 e. The monoisotopic (exact) mass is 181 g/mol. The van der Waals surface area contributed by atoms with E-state index in [0.717, 1.165) is 37.3 Å². The van der Waals surface area contributed by atoms with Crippen LogP contribution in [0.4, 0.5) is 0 Å². The van der Waals surface area contributed by atoms with Crippen molar-refractivity contribution in [2.75, 3.05) is 6.54 Å². The molecule has 3 rings (SSSR count). The molecule has 3 aliphatic carbocycles. The van der Waals surface area contributed by atoms with Gasteiger partial charge in [-0.1, -0.05) is 0 Å². The highest BCUT2D eigenvalue weighted by atomic mass is 16.3. The summed E-state index contributed by atoms with van der Waals surface area (Å²) in [6.07, 6.45) is 7.48. The third-order valence-electron chi connectivity index (χ3n) is 4.32. The lowest BCUT2D eigenvalue weighted by molar-refractivity contribution is -0.0335. The average Bonchev–Trinajstić information content (AvgIpc) is 2.75. The smallest absolute Gasteiger partial charge is 0.0771 e. The quantitative estimate of drug-likeness (QED) is 0.687. The van der Waals surface area contributed by atoms with Crippen molar-refractivity contribution in [2.24, 2.45) is 11.8 Å². The van der Waals surface area contributed by atoms with Crippen molar-refractivity contribution in [3.8, 4) is 0 Å². The highest BCUT2D eigenvalue weighted by Gasteiger charge is 2.48. The van der Waals surface area contributed by atoms with Gasteiger partial charge < -0.3 is 10.4 Å². The van der Waals surface area contributed by atoms with Crippen LogP contribution in [0.25, 0.3) is 0 Å². The van der Waals surface area contributed by atoms with Crippen molar-refractivity contribution in [2.45, 2.75) is 50.2 Å². The van der Waals surface area contributed by atoms with Gasteiger partial charge in [0, 0.05) is 12.6 Å². The zero-order chi connectivity index (χ0) is 8.89. The first kappa shape index (κ1) is 8.25. The van der Waals surface area contributed by atoms with Gasteiger partial charge in [-0.2, -0.15) is 0 Å². The van der Waals surface area contributed by atoms with E-state index in [-0.39, 0.29) is 5.60 Å². The first-order valence-corrected chi connectivity index (χ1v) is 5.73. The largest absolute Gasteiger partial charge is 0.389 e. The maximum absolute atomic E-state index is 9.91. The summed E-state index contributed by atoms with van der Waals surface area (Å²) in [6, 6.07) is 0.745. The SMILES string of the molecule is OC1(CNC2CCC3CC32)CCC1. The van der Waals surface area contributed by atoms with Crippen LogP contribution in [0.1, 0.15) is 38.5 Å². The van der Waals surface area contributed by atoms with Crippen LogP contribution in [0.5, 0.6) is 0 Å². The van der Waals surface area contributed by atoms with Crippen LogP contribution in [0.2, 0.25) is 0 Å². The van der Waals surface area contributed by atoms with Crippen molar-refractivity contribution in [3.63, 3.8) is 0 Å². The summed E-state index contributed by atoms with van der Waals surface area (Å²) in [6.45, 7) is 0.848. The fourth-order valence-electron chi connectivity index (χ4n) is 3.04. The van der Waals surface area contributed by atoms with Gasteiger partial charge in [-0.15, -0.1) is 0 Å².